The molecule has 3 N–H and O–H groups in total. The van der Waals surface area contributed by atoms with Crippen LogP contribution in [0, 0.1) is 20.8 Å². The highest BCUT2D eigenvalue weighted by molar-refractivity contribution is 5.92. The van der Waals surface area contributed by atoms with Crippen LogP contribution in [0.15, 0.2) is 47.5 Å². The van der Waals surface area contributed by atoms with Gasteiger partial charge in [-0.05, 0) is 56.0 Å². The van der Waals surface area contributed by atoms with Gasteiger partial charge in [-0.3, -0.25) is 4.99 Å². The van der Waals surface area contributed by atoms with E-state index in [0.717, 1.165) is 12.1 Å². The summed E-state index contributed by atoms with van der Waals surface area (Å²) < 4.78 is 0. The van der Waals surface area contributed by atoms with E-state index in [-0.39, 0.29) is 0 Å². The van der Waals surface area contributed by atoms with Crippen molar-refractivity contribution < 1.29 is 0 Å². The number of nitrogens with zero attached hydrogens (tertiary/aromatic N) is 1. The summed E-state index contributed by atoms with van der Waals surface area (Å²) in [7, 11) is 0. The van der Waals surface area contributed by atoms with Gasteiger partial charge < -0.3 is 11.1 Å². The van der Waals surface area contributed by atoms with E-state index in [9.17, 15) is 0 Å². The van der Waals surface area contributed by atoms with Crippen molar-refractivity contribution in [2.75, 3.05) is 11.9 Å². The first-order valence-electron chi connectivity index (χ1n) is 7.24. The number of nitrogens with two attached hydrogens (primary N) is 1. The molecule has 0 aliphatic heterocycles. The molecule has 0 aliphatic rings. The van der Waals surface area contributed by atoms with Gasteiger partial charge in [0.1, 0.15) is 0 Å². The van der Waals surface area contributed by atoms with Crippen LogP contribution in [0.5, 0.6) is 0 Å². The lowest BCUT2D eigenvalue weighted by Gasteiger charge is -2.08. The Bertz CT molecular complexity index is 627. The van der Waals surface area contributed by atoms with Gasteiger partial charge in [-0.2, -0.15) is 0 Å². The van der Waals surface area contributed by atoms with Crippen LogP contribution < -0.4 is 11.1 Å². The standard InChI is InChI=1S/C18H23N3/c1-13-4-7-16(8-5-13)10-11-20-18(19)21-17-9-6-14(2)15(3)12-17/h4-9,12H,10-11H2,1-3H3,(H3,19,20,21). The molecule has 0 spiro atoms. The Hall–Kier alpha value is -2.29. The Morgan fingerprint density at radius 3 is 2.38 bits per heavy atom. The van der Waals surface area contributed by atoms with E-state index < -0.39 is 0 Å². The maximum absolute atomic E-state index is 5.92. The molecule has 2 aromatic carbocycles. The fourth-order valence-corrected chi connectivity index (χ4v) is 2.07. The quantitative estimate of drug-likeness (QED) is 0.665. The van der Waals surface area contributed by atoms with E-state index in [4.69, 9.17) is 5.73 Å². The lowest BCUT2D eigenvalue weighted by molar-refractivity contribution is 0.964. The zero-order valence-corrected chi connectivity index (χ0v) is 13.0. The van der Waals surface area contributed by atoms with Crippen molar-refractivity contribution in [2.45, 2.75) is 27.2 Å². The summed E-state index contributed by atoms with van der Waals surface area (Å²) in [6, 6.07) is 14.7. The highest BCUT2D eigenvalue weighted by Crippen LogP contribution is 2.13. The summed E-state index contributed by atoms with van der Waals surface area (Å²) >= 11 is 0. The van der Waals surface area contributed by atoms with Crippen LogP contribution in [-0.2, 0) is 6.42 Å². The minimum atomic E-state index is 0.463. The van der Waals surface area contributed by atoms with Gasteiger partial charge in [0.15, 0.2) is 5.96 Å². The topological polar surface area (TPSA) is 50.4 Å². The maximum Gasteiger partial charge on any atom is 0.193 e. The van der Waals surface area contributed by atoms with Crippen molar-refractivity contribution in [2.24, 2.45) is 10.7 Å². The second-order valence-electron chi connectivity index (χ2n) is 5.43. The van der Waals surface area contributed by atoms with E-state index >= 15 is 0 Å². The smallest absolute Gasteiger partial charge is 0.193 e. The molecule has 3 heteroatoms. The van der Waals surface area contributed by atoms with Crippen LogP contribution >= 0.6 is 0 Å². The molecule has 0 radical (unpaired) electrons. The largest absolute Gasteiger partial charge is 0.370 e. The number of aryl methyl sites for hydroxylation is 3. The summed E-state index contributed by atoms with van der Waals surface area (Å²) in [5.74, 6) is 0.463. The average molecular weight is 281 g/mol. The monoisotopic (exact) mass is 281 g/mol. The van der Waals surface area contributed by atoms with Crippen molar-refractivity contribution in [3.05, 3.63) is 64.7 Å². The highest BCUT2D eigenvalue weighted by Gasteiger charge is 1.98. The van der Waals surface area contributed by atoms with Crippen molar-refractivity contribution >= 4 is 11.6 Å². The second-order valence-corrected chi connectivity index (χ2v) is 5.43. The van der Waals surface area contributed by atoms with Crippen LogP contribution in [-0.4, -0.2) is 12.5 Å². The molecule has 3 nitrogen and oxygen atoms in total. The molecule has 0 aromatic heterocycles. The molecule has 2 rings (SSSR count). The second kappa shape index (κ2) is 6.93. The molecule has 0 heterocycles. The number of anilines is 1. The van der Waals surface area contributed by atoms with E-state index in [1.165, 1.54) is 22.3 Å². The number of rotatable bonds is 4. The normalized spacial score (nSPS) is 11.5. The van der Waals surface area contributed by atoms with E-state index in [1.54, 1.807) is 0 Å². The summed E-state index contributed by atoms with van der Waals surface area (Å²) in [5, 5.41) is 3.13. The van der Waals surface area contributed by atoms with Gasteiger partial charge in [0, 0.05) is 12.2 Å². The predicted molar refractivity (Wildman–Crippen MR) is 90.9 cm³/mol. The molecule has 2 aromatic rings. The number of benzene rings is 2. The number of guanidine groups is 1. The van der Waals surface area contributed by atoms with Gasteiger partial charge >= 0.3 is 0 Å². The Balaban J connectivity index is 1.89. The Morgan fingerprint density at radius 1 is 1.00 bits per heavy atom. The minimum absolute atomic E-state index is 0.463. The third kappa shape index (κ3) is 4.63. The third-order valence-electron chi connectivity index (χ3n) is 3.58. The van der Waals surface area contributed by atoms with Crippen LogP contribution in [0.4, 0.5) is 5.69 Å². The first-order valence-corrected chi connectivity index (χ1v) is 7.24. The molecule has 110 valence electrons. The first kappa shape index (κ1) is 15.1. The summed E-state index contributed by atoms with van der Waals surface area (Å²) in [4.78, 5) is 4.37. The van der Waals surface area contributed by atoms with Crippen LogP contribution in [0.25, 0.3) is 0 Å². The molecule has 0 atom stereocenters. The van der Waals surface area contributed by atoms with E-state index in [1.807, 2.05) is 6.07 Å². The van der Waals surface area contributed by atoms with Gasteiger partial charge in [-0.15, -0.1) is 0 Å². The highest BCUT2D eigenvalue weighted by atomic mass is 15.1. The van der Waals surface area contributed by atoms with E-state index in [0.29, 0.717) is 12.5 Å². The van der Waals surface area contributed by atoms with Crippen LogP contribution in [0.1, 0.15) is 22.3 Å². The molecule has 21 heavy (non-hydrogen) atoms. The SMILES string of the molecule is Cc1ccc(CCN=C(N)Nc2ccc(C)c(C)c2)cc1. The number of aliphatic imine (C=N–C) groups is 1. The van der Waals surface area contributed by atoms with Gasteiger partial charge in [0.05, 0.1) is 0 Å². The first-order chi connectivity index (χ1) is 10.0. The summed E-state index contributed by atoms with van der Waals surface area (Å²) in [5.41, 5.74) is 12.0. The van der Waals surface area contributed by atoms with E-state index in [2.05, 4.69) is 67.5 Å². The molecule has 0 fully saturated rings. The third-order valence-corrected chi connectivity index (χ3v) is 3.58. The number of hydrogen-bond acceptors (Lipinski definition) is 1. The van der Waals surface area contributed by atoms with Crippen molar-refractivity contribution in [1.82, 2.24) is 0 Å². The zero-order chi connectivity index (χ0) is 15.2. The molecule has 0 bridgehead atoms. The lowest BCUT2D eigenvalue weighted by atomic mass is 10.1. The van der Waals surface area contributed by atoms with Gasteiger partial charge in [0.2, 0.25) is 0 Å². The Kier molecular flexibility index (Phi) is 4.99. The van der Waals surface area contributed by atoms with Crippen molar-refractivity contribution in [3.63, 3.8) is 0 Å². The van der Waals surface area contributed by atoms with Crippen molar-refractivity contribution in [3.8, 4) is 0 Å². The lowest BCUT2D eigenvalue weighted by Crippen LogP contribution is -2.23. The predicted octanol–water partition coefficient (Wildman–Crippen LogP) is 3.58. The molecular formula is C18H23N3. The van der Waals surface area contributed by atoms with Crippen molar-refractivity contribution in [1.29, 1.82) is 0 Å². The molecule has 0 aliphatic carbocycles. The maximum atomic E-state index is 5.92. The van der Waals surface area contributed by atoms with Gasteiger partial charge in [0.25, 0.3) is 0 Å². The molecular weight excluding hydrogens is 258 g/mol. The van der Waals surface area contributed by atoms with Crippen LogP contribution in [0.2, 0.25) is 0 Å². The Labute approximate surface area is 126 Å². The molecule has 0 saturated heterocycles. The molecule has 0 saturated carbocycles. The minimum Gasteiger partial charge on any atom is -0.370 e. The van der Waals surface area contributed by atoms with Crippen LogP contribution in [0.3, 0.4) is 0 Å². The average Bonchev–Trinajstić information content (AvgIpc) is 2.45. The van der Waals surface area contributed by atoms with Gasteiger partial charge in [-0.1, -0.05) is 35.9 Å². The zero-order valence-electron chi connectivity index (χ0n) is 13.0. The van der Waals surface area contributed by atoms with Gasteiger partial charge in [-0.25, -0.2) is 0 Å². The summed E-state index contributed by atoms with van der Waals surface area (Å²) in [6.07, 6.45) is 0.898. The summed E-state index contributed by atoms with van der Waals surface area (Å²) in [6.45, 7) is 6.96. The number of hydrogen-bond donors (Lipinski definition) is 2. The Morgan fingerprint density at radius 2 is 1.71 bits per heavy atom. The molecule has 0 unspecified atom stereocenters. The number of nitrogens with one attached hydrogen (secondary N) is 1. The molecule has 0 amide bonds. The fourth-order valence-electron chi connectivity index (χ4n) is 2.07. The fraction of sp³-hybridized carbons (Fsp3) is 0.278.